The van der Waals surface area contributed by atoms with Crippen molar-refractivity contribution in [3.63, 3.8) is 0 Å². The minimum absolute atomic E-state index is 0.134. The number of aryl methyl sites for hydroxylation is 5. The second-order valence-corrected chi connectivity index (χ2v) is 18.7. The van der Waals surface area contributed by atoms with Gasteiger partial charge in [0.1, 0.15) is 23.9 Å². The van der Waals surface area contributed by atoms with Gasteiger partial charge in [0.05, 0.1) is 58.5 Å². The Bertz CT molecular complexity index is 2550. The number of benzene rings is 3. The number of aromatic nitrogens is 3. The number of amides is 4. The summed E-state index contributed by atoms with van der Waals surface area (Å²) in [7, 11) is 3.15. The molecule has 21 heteroatoms. The Morgan fingerprint density at radius 1 is 0.829 bits per heavy atom. The molecule has 5 N–H and O–H groups in total. The maximum Gasteiger partial charge on any atom is 0.329 e. The molecule has 1 unspecified atom stereocenters. The number of nitrogens with one attached hydrogen (secondary N) is 3. The van der Waals surface area contributed by atoms with Gasteiger partial charge in [-0.3, -0.25) is 14.4 Å². The Morgan fingerprint density at radius 2 is 1.63 bits per heavy atom. The van der Waals surface area contributed by atoms with E-state index in [9.17, 15) is 33.9 Å². The number of unbranched alkanes of at least 4 members (excludes halogenated alkanes) is 1. The Hall–Kier alpha value is -7.26. The van der Waals surface area contributed by atoms with Crippen LogP contribution in [0, 0.1) is 20.8 Å². The number of rotatable bonds is 32. The van der Waals surface area contributed by atoms with E-state index in [0.717, 1.165) is 35.2 Å². The first-order valence-electron chi connectivity index (χ1n) is 25.9. The molecule has 0 bridgehead atoms. The number of piperidine rings is 1. The number of esters is 1. The summed E-state index contributed by atoms with van der Waals surface area (Å²) in [5.41, 5.74) is 6.54. The monoisotopic (exact) mass is 1060 g/mol. The molecule has 21 nitrogen and oxygen atoms in total. The number of likely N-dealkylation sites (tertiary alicyclic amines) is 1. The van der Waals surface area contributed by atoms with Gasteiger partial charge in [0, 0.05) is 32.6 Å². The first kappa shape index (κ1) is 59.6. The second kappa shape index (κ2) is 30.9. The lowest BCUT2D eigenvalue weighted by atomic mass is 9.91. The Balaban J connectivity index is 1.07. The van der Waals surface area contributed by atoms with E-state index in [1.807, 2.05) is 32.0 Å². The fourth-order valence-corrected chi connectivity index (χ4v) is 8.91. The number of methoxy groups -OCH3 is 2. The van der Waals surface area contributed by atoms with Crippen LogP contribution in [0.4, 0.5) is 4.79 Å². The average Bonchev–Trinajstić information content (AvgIpc) is 3.86. The van der Waals surface area contributed by atoms with Crippen LogP contribution in [-0.4, -0.2) is 138 Å². The SMILES string of the molecule is CCC(C(=O)N1CCCC[C@H]1C(=O)O[C@H](CCc1ccc(C)c(C)c1)c1cccc(OCC(=O)NCCOCCOCc2cnnn2CCCCNC(=O)N[C@@H](CCC(=O)O)C(=O)O)c1)c1cc(C)c(OC)c(OC)c1. The zero-order valence-electron chi connectivity index (χ0n) is 44.6. The van der Waals surface area contributed by atoms with E-state index in [-0.39, 0.29) is 70.8 Å². The third-order valence-corrected chi connectivity index (χ3v) is 13.2. The number of aliphatic carboxylic acids is 2. The summed E-state index contributed by atoms with van der Waals surface area (Å²) in [6, 6.07) is 14.5. The van der Waals surface area contributed by atoms with Gasteiger partial charge in [-0.15, -0.1) is 5.10 Å². The maximum absolute atomic E-state index is 14.4. The normalized spacial score (nSPS) is 14.4. The van der Waals surface area contributed by atoms with Crippen LogP contribution in [0.25, 0.3) is 0 Å². The lowest BCUT2D eigenvalue weighted by Crippen LogP contribution is -2.50. The molecule has 76 heavy (non-hydrogen) atoms. The van der Waals surface area contributed by atoms with Crippen molar-refractivity contribution >= 4 is 35.8 Å². The first-order chi connectivity index (χ1) is 36.6. The molecule has 0 radical (unpaired) electrons. The number of urea groups is 1. The number of carbonyl (C=O) groups is 6. The molecule has 1 fully saturated rings. The molecule has 5 rings (SSSR count). The molecule has 2 heterocycles. The molecule has 3 aromatic carbocycles. The van der Waals surface area contributed by atoms with Crippen molar-refractivity contribution in [3.05, 3.63) is 99.9 Å². The topological polar surface area (TPSA) is 268 Å². The van der Waals surface area contributed by atoms with Crippen LogP contribution in [-0.2, 0) is 57.8 Å². The van der Waals surface area contributed by atoms with Gasteiger partial charge in [0.2, 0.25) is 5.91 Å². The minimum atomic E-state index is -1.31. The molecular weight excluding hydrogens is 983 g/mol. The van der Waals surface area contributed by atoms with Crippen molar-refractivity contribution in [3.8, 4) is 17.2 Å². The highest BCUT2D eigenvalue weighted by Crippen LogP contribution is 2.37. The largest absolute Gasteiger partial charge is 0.493 e. The molecule has 414 valence electrons. The van der Waals surface area contributed by atoms with Crippen LogP contribution >= 0.6 is 0 Å². The van der Waals surface area contributed by atoms with Crippen LogP contribution in [0.1, 0.15) is 116 Å². The highest BCUT2D eigenvalue weighted by Gasteiger charge is 2.38. The van der Waals surface area contributed by atoms with Crippen molar-refractivity contribution < 1.29 is 67.4 Å². The van der Waals surface area contributed by atoms with Crippen LogP contribution < -0.4 is 30.2 Å². The molecule has 1 saturated heterocycles. The quantitative estimate of drug-likeness (QED) is 0.0272. The molecular formula is C55H75N7O14. The average molecular weight is 1060 g/mol. The first-order valence-corrected chi connectivity index (χ1v) is 25.9. The van der Waals surface area contributed by atoms with Gasteiger partial charge < -0.3 is 59.5 Å². The van der Waals surface area contributed by atoms with E-state index in [0.29, 0.717) is 74.4 Å². The van der Waals surface area contributed by atoms with E-state index in [2.05, 4.69) is 58.3 Å². The van der Waals surface area contributed by atoms with Gasteiger partial charge in [0.25, 0.3) is 5.91 Å². The van der Waals surface area contributed by atoms with E-state index in [1.165, 1.54) is 11.1 Å². The molecule has 1 aliphatic rings. The highest BCUT2D eigenvalue weighted by molar-refractivity contribution is 5.89. The third-order valence-electron chi connectivity index (χ3n) is 13.2. The fourth-order valence-electron chi connectivity index (χ4n) is 8.91. The van der Waals surface area contributed by atoms with Gasteiger partial charge in [0.15, 0.2) is 18.1 Å². The zero-order chi connectivity index (χ0) is 55.0. The highest BCUT2D eigenvalue weighted by atomic mass is 16.5. The Labute approximate surface area is 444 Å². The number of carbonyl (C=O) groups excluding carboxylic acids is 4. The molecule has 4 aromatic rings. The van der Waals surface area contributed by atoms with Gasteiger partial charge in [-0.2, -0.15) is 0 Å². The van der Waals surface area contributed by atoms with Gasteiger partial charge in [-0.1, -0.05) is 48.5 Å². The number of carboxylic acid groups (broad SMARTS) is 2. The summed E-state index contributed by atoms with van der Waals surface area (Å²) in [6.07, 6.45) is 5.16. The predicted molar refractivity (Wildman–Crippen MR) is 279 cm³/mol. The van der Waals surface area contributed by atoms with Crippen LogP contribution in [0.5, 0.6) is 17.2 Å². The molecule has 0 spiro atoms. The summed E-state index contributed by atoms with van der Waals surface area (Å²) in [5.74, 6) is -2.33. The maximum atomic E-state index is 14.4. The standard InChI is InChI=1S/C55H75N7O14/c1-7-44(41-30-38(4)51(72-6)48(32-41)71-5)52(66)61-24-10-8-15-46(61)54(69)76-47(20-18-39-17-16-36(2)37(3)29-39)40-13-12-14-43(31-40)75-35-49(63)56-23-26-73-27-28-74-34-42-33-58-60-62(42)25-11-9-22-57-55(70)59-45(53(67)68)19-21-50(64)65/h12-14,16-17,29-33,44-47H,7-11,15,18-28,34-35H2,1-6H3,(H,56,63)(H,64,65)(H,67,68)(H2,57,59,70)/t44?,45-,46-,47+/m0/s1. The fraction of sp³-hybridized carbons (Fsp3) is 0.527. The zero-order valence-corrected chi connectivity index (χ0v) is 44.6. The van der Waals surface area contributed by atoms with E-state index >= 15 is 0 Å². The number of hydrogen-bond donors (Lipinski definition) is 5. The van der Waals surface area contributed by atoms with Crippen molar-refractivity contribution in [2.24, 2.45) is 0 Å². The summed E-state index contributed by atoms with van der Waals surface area (Å²) < 4.78 is 36.6. The Kier molecular flexibility index (Phi) is 24.3. The molecule has 0 saturated carbocycles. The van der Waals surface area contributed by atoms with Gasteiger partial charge in [-0.25, -0.2) is 19.1 Å². The summed E-state index contributed by atoms with van der Waals surface area (Å²) in [4.78, 5) is 77.5. The summed E-state index contributed by atoms with van der Waals surface area (Å²) in [5, 5.41) is 33.7. The minimum Gasteiger partial charge on any atom is -0.493 e. The van der Waals surface area contributed by atoms with Crippen molar-refractivity contribution in [1.82, 2.24) is 35.8 Å². The lowest BCUT2D eigenvalue weighted by Gasteiger charge is -2.37. The second-order valence-electron chi connectivity index (χ2n) is 18.7. The van der Waals surface area contributed by atoms with Crippen molar-refractivity contribution in [2.45, 2.75) is 129 Å². The molecule has 1 aromatic heterocycles. The number of ether oxygens (including phenoxy) is 6. The van der Waals surface area contributed by atoms with Crippen molar-refractivity contribution in [1.29, 1.82) is 0 Å². The molecule has 4 atom stereocenters. The predicted octanol–water partition coefficient (Wildman–Crippen LogP) is 6.14. The van der Waals surface area contributed by atoms with Gasteiger partial charge in [-0.05, 0) is 130 Å². The van der Waals surface area contributed by atoms with Crippen molar-refractivity contribution in [2.75, 3.05) is 60.3 Å². The number of nitrogens with zero attached hydrogens (tertiary/aromatic N) is 4. The van der Waals surface area contributed by atoms with Crippen LogP contribution in [0.2, 0.25) is 0 Å². The number of carboxylic acids is 2. The smallest absolute Gasteiger partial charge is 0.329 e. The number of hydrogen-bond acceptors (Lipinski definition) is 14. The molecule has 4 amide bonds. The summed E-state index contributed by atoms with van der Waals surface area (Å²) >= 11 is 0. The summed E-state index contributed by atoms with van der Waals surface area (Å²) in [6.45, 7) is 10.2. The van der Waals surface area contributed by atoms with E-state index < -0.39 is 48.0 Å². The lowest BCUT2D eigenvalue weighted by molar-refractivity contribution is -0.162. The molecule has 1 aliphatic heterocycles. The van der Waals surface area contributed by atoms with E-state index in [1.54, 1.807) is 48.2 Å². The third kappa shape index (κ3) is 18.5. The van der Waals surface area contributed by atoms with E-state index in [4.69, 9.17) is 33.5 Å². The van der Waals surface area contributed by atoms with Gasteiger partial charge >= 0.3 is 23.9 Å². The van der Waals surface area contributed by atoms with Crippen LogP contribution in [0.15, 0.2) is 60.8 Å². The Morgan fingerprint density at radius 3 is 2.37 bits per heavy atom. The molecule has 0 aliphatic carbocycles. The van der Waals surface area contributed by atoms with Crippen LogP contribution in [0.3, 0.4) is 0 Å².